The Balaban J connectivity index is 1.48. The van der Waals surface area contributed by atoms with E-state index in [2.05, 4.69) is 15.7 Å². The number of hydrogen-bond donors (Lipinski definition) is 1. The van der Waals surface area contributed by atoms with Gasteiger partial charge >= 0.3 is 0 Å². The monoisotopic (exact) mass is 395 g/mol. The summed E-state index contributed by atoms with van der Waals surface area (Å²) in [5.74, 6) is -1.95. The second kappa shape index (κ2) is 7.08. The van der Waals surface area contributed by atoms with Gasteiger partial charge in [0.1, 0.15) is 12.4 Å². The molecule has 148 valence electrons. The average molecular weight is 395 g/mol. The lowest BCUT2D eigenvalue weighted by Gasteiger charge is -2.20. The summed E-state index contributed by atoms with van der Waals surface area (Å²) in [5, 5.41) is 11.7. The van der Waals surface area contributed by atoms with E-state index in [4.69, 9.17) is 0 Å². The van der Waals surface area contributed by atoms with E-state index in [-0.39, 0.29) is 18.1 Å². The summed E-state index contributed by atoms with van der Waals surface area (Å²) < 4.78 is 13.2. The number of amides is 3. The predicted molar refractivity (Wildman–Crippen MR) is 103 cm³/mol. The Morgan fingerprint density at radius 1 is 1.07 bits per heavy atom. The fourth-order valence-electron chi connectivity index (χ4n) is 3.37. The molecule has 2 aliphatic rings. The van der Waals surface area contributed by atoms with E-state index in [1.54, 1.807) is 6.07 Å². The molecule has 0 aromatic heterocycles. The average Bonchev–Trinajstić information content (AvgIpc) is 3.19. The van der Waals surface area contributed by atoms with Crippen molar-refractivity contribution in [2.45, 2.75) is 25.9 Å². The number of imide groups is 1. The van der Waals surface area contributed by atoms with Crippen molar-refractivity contribution in [3.63, 3.8) is 0 Å². The molecule has 2 aromatic carbocycles. The molecule has 9 heteroatoms. The van der Waals surface area contributed by atoms with Gasteiger partial charge in [-0.05, 0) is 61.4 Å². The van der Waals surface area contributed by atoms with Gasteiger partial charge in [-0.2, -0.15) is 5.11 Å². The molecular weight excluding hydrogens is 377 g/mol. The molecule has 1 fully saturated rings. The molecule has 0 aliphatic carbocycles. The normalized spacial score (nSPS) is 20.4. The first kappa shape index (κ1) is 18.7. The molecule has 0 bridgehead atoms. The number of benzene rings is 2. The number of anilines is 2. The van der Waals surface area contributed by atoms with Gasteiger partial charge in [0.15, 0.2) is 12.1 Å². The molecule has 1 saturated heterocycles. The van der Waals surface area contributed by atoms with Crippen LogP contribution in [0.5, 0.6) is 0 Å². The molecule has 1 N–H and O–H groups in total. The highest BCUT2D eigenvalue weighted by atomic mass is 19.1. The fraction of sp³-hybridized carbons (Fsp3) is 0.250. The number of carbonyl (C=O) groups excluding carboxylic acids is 3. The van der Waals surface area contributed by atoms with Crippen LogP contribution in [-0.4, -0.2) is 41.4 Å². The van der Waals surface area contributed by atoms with Crippen LogP contribution in [0.25, 0.3) is 0 Å². The summed E-state index contributed by atoms with van der Waals surface area (Å²) >= 11 is 0. The van der Waals surface area contributed by atoms with Crippen molar-refractivity contribution in [2.24, 2.45) is 10.3 Å². The lowest BCUT2D eigenvalue weighted by molar-refractivity contribution is -0.123. The third-order valence-corrected chi connectivity index (χ3v) is 5.04. The molecule has 8 nitrogen and oxygen atoms in total. The zero-order chi connectivity index (χ0) is 20.7. The zero-order valence-corrected chi connectivity index (χ0v) is 15.8. The fourth-order valence-corrected chi connectivity index (χ4v) is 3.37. The molecule has 0 unspecified atom stereocenters. The van der Waals surface area contributed by atoms with Crippen molar-refractivity contribution in [2.75, 3.05) is 16.8 Å². The van der Waals surface area contributed by atoms with Crippen LogP contribution in [0, 0.1) is 19.7 Å². The lowest BCUT2D eigenvalue weighted by Crippen LogP contribution is -2.43. The summed E-state index contributed by atoms with van der Waals surface area (Å²) in [5.41, 5.74) is 3.03. The van der Waals surface area contributed by atoms with Gasteiger partial charge in [-0.3, -0.25) is 19.4 Å². The number of halogens is 1. The Bertz CT molecular complexity index is 1040. The van der Waals surface area contributed by atoms with Gasteiger partial charge in [-0.15, -0.1) is 0 Å². The Morgan fingerprint density at radius 3 is 2.48 bits per heavy atom. The van der Waals surface area contributed by atoms with E-state index in [0.29, 0.717) is 5.69 Å². The van der Waals surface area contributed by atoms with Gasteiger partial charge in [0.2, 0.25) is 5.91 Å². The standard InChI is InChI=1S/C20H18FN5O3/c1-11-3-6-14(9-12(11)2)22-16(27)10-25-18-17(23-24-25)19(28)26(20(18)29)15-7-4-13(21)5-8-15/h3-9,17-18H,10H2,1-2H3,(H,22,27)/t17-,18+/m0/s1. The van der Waals surface area contributed by atoms with Crippen LogP contribution in [0.3, 0.4) is 0 Å². The molecule has 29 heavy (non-hydrogen) atoms. The summed E-state index contributed by atoms with van der Waals surface area (Å²) in [6.07, 6.45) is 0. The first-order valence-electron chi connectivity index (χ1n) is 9.03. The van der Waals surface area contributed by atoms with Crippen LogP contribution in [0.15, 0.2) is 52.8 Å². The highest BCUT2D eigenvalue weighted by Crippen LogP contribution is 2.31. The van der Waals surface area contributed by atoms with Crippen LogP contribution in [0.2, 0.25) is 0 Å². The van der Waals surface area contributed by atoms with E-state index >= 15 is 0 Å². The highest BCUT2D eigenvalue weighted by molar-refractivity contribution is 6.25. The van der Waals surface area contributed by atoms with Gasteiger partial charge in [-0.25, -0.2) is 9.29 Å². The Kier molecular flexibility index (Phi) is 4.57. The van der Waals surface area contributed by atoms with Crippen LogP contribution in [0.1, 0.15) is 11.1 Å². The molecule has 2 aromatic rings. The van der Waals surface area contributed by atoms with E-state index < -0.39 is 29.7 Å². The van der Waals surface area contributed by atoms with Crippen molar-refractivity contribution in [3.05, 3.63) is 59.4 Å². The lowest BCUT2D eigenvalue weighted by atomic mass is 10.1. The van der Waals surface area contributed by atoms with Gasteiger partial charge in [0.05, 0.1) is 5.69 Å². The Labute approximate surface area is 166 Å². The molecule has 0 saturated carbocycles. The first-order chi connectivity index (χ1) is 13.8. The molecular formula is C20H18FN5O3. The SMILES string of the molecule is Cc1ccc(NC(=O)CN2N=N[C@@H]3C(=O)N(c4ccc(F)cc4)C(=O)[C@@H]32)cc1C. The maximum Gasteiger partial charge on any atom is 0.263 e. The summed E-state index contributed by atoms with van der Waals surface area (Å²) in [6, 6.07) is 8.56. The number of carbonyl (C=O) groups is 3. The Hall–Kier alpha value is -3.62. The summed E-state index contributed by atoms with van der Waals surface area (Å²) in [7, 11) is 0. The smallest absolute Gasteiger partial charge is 0.263 e. The maximum atomic E-state index is 13.2. The van der Waals surface area contributed by atoms with Crippen molar-refractivity contribution < 1.29 is 18.8 Å². The number of fused-ring (bicyclic) bond motifs is 1. The molecule has 4 rings (SSSR count). The largest absolute Gasteiger partial charge is 0.324 e. The molecule has 2 heterocycles. The second-order valence-electron chi connectivity index (χ2n) is 7.03. The number of rotatable bonds is 4. The molecule has 2 aliphatic heterocycles. The molecule has 0 spiro atoms. The van der Waals surface area contributed by atoms with Gasteiger partial charge in [0.25, 0.3) is 11.8 Å². The topological polar surface area (TPSA) is 94.4 Å². The minimum Gasteiger partial charge on any atom is -0.324 e. The van der Waals surface area contributed by atoms with Crippen LogP contribution in [-0.2, 0) is 14.4 Å². The zero-order valence-electron chi connectivity index (χ0n) is 15.8. The van der Waals surface area contributed by atoms with Crippen molar-refractivity contribution in [1.29, 1.82) is 0 Å². The van der Waals surface area contributed by atoms with E-state index in [9.17, 15) is 18.8 Å². The second-order valence-corrected chi connectivity index (χ2v) is 7.03. The van der Waals surface area contributed by atoms with Crippen molar-refractivity contribution >= 4 is 29.1 Å². The third kappa shape index (κ3) is 3.35. The van der Waals surface area contributed by atoms with Crippen molar-refractivity contribution in [3.8, 4) is 0 Å². The Morgan fingerprint density at radius 2 is 1.79 bits per heavy atom. The quantitative estimate of drug-likeness (QED) is 0.804. The number of aryl methyl sites for hydroxylation is 2. The first-order valence-corrected chi connectivity index (χ1v) is 9.03. The number of nitrogens with zero attached hydrogens (tertiary/aromatic N) is 4. The summed E-state index contributed by atoms with van der Waals surface area (Å²) in [6.45, 7) is 3.69. The molecule has 2 atom stereocenters. The minimum atomic E-state index is -1.01. The van der Waals surface area contributed by atoms with Crippen molar-refractivity contribution in [1.82, 2.24) is 5.01 Å². The van der Waals surface area contributed by atoms with E-state index in [1.807, 2.05) is 26.0 Å². The predicted octanol–water partition coefficient (Wildman–Crippen LogP) is 2.37. The summed E-state index contributed by atoms with van der Waals surface area (Å²) in [4.78, 5) is 38.8. The minimum absolute atomic E-state index is 0.228. The number of hydrogen-bond acceptors (Lipinski definition) is 6. The number of nitrogens with one attached hydrogen (secondary N) is 1. The molecule has 0 radical (unpaired) electrons. The van der Waals surface area contributed by atoms with Crippen LogP contribution < -0.4 is 10.2 Å². The van der Waals surface area contributed by atoms with E-state index in [0.717, 1.165) is 16.0 Å². The molecule has 3 amide bonds. The highest BCUT2D eigenvalue weighted by Gasteiger charge is 2.55. The van der Waals surface area contributed by atoms with E-state index in [1.165, 1.54) is 29.3 Å². The van der Waals surface area contributed by atoms with Gasteiger partial charge < -0.3 is 5.32 Å². The maximum absolute atomic E-state index is 13.2. The van der Waals surface area contributed by atoms with Crippen LogP contribution in [0.4, 0.5) is 15.8 Å². The van der Waals surface area contributed by atoms with Crippen LogP contribution >= 0.6 is 0 Å². The van der Waals surface area contributed by atoms with Gasteiger partial charge in [-0.1, -0.05) is 11.3 Å². The third-order valence-electron chi connectivity index (χ3n) is 5.04. The van der Waals surface area contributed by atoms with Gasteiger partial charge in [0, 0.05) is 5.69 Å².